The van der Waals surface area contributed by atoms with Crippen LogP contribution in [0.4, 0.5) is 0 Å². The van der Waals surface area contributed by atoms with E-state index in [1.54, 1.807) is 7.11 Å². The van der Waals surface area contributed by atoms with Crippen molar-refractivity contribution in [3.05, 3.63) is 0 Å². The summed E-state index contributed by atoms with van der Waals surface area (Å²) in [5.41, 5.74) is 5.98. The van der Waals surface area contributed by atoms with E-state index < -0.39 is 0 Å². The van der Waals surface area contributed by atoms with Crippen LogP contribution in [0.15, 0.2) is 0 Å². The summed E-state index contributed by atoms with van der Waals surface area (Å²) in [6, 6.07) is 0.675. The zero-order chi connectivity index (χ0) is 11.3. The van der Waals surface area contributed by atoms with Gasteiger partial charge in [0, 0.05) is 25.4 Å². The lowest BCUT2D eigenvalue weighted by Gasteiger charge is -2.43. The van der Waals surface area contributed by atoms with Gasteiger partial charge < -0.3 is 10.5 Å². The molecular formula is C11H24N2OS. The van der Waals surface area contributed by atoms with Crippen LogP contribution in [0.25, 0.3) is 0 Å². The lowest BCUT2D eigenvalue weighted by molar-refractivity contribution is 0.00860. The second-order valence-corrected chi connectivity index (χ2v) is 5.49. The molecule has 0 spiro atoms. The molecule has 0 aromatic heterocycles. The molecule has 0 aromatic carbocycles. The van der Waals surface area contributed by atoms with Gasteiger partial charge in [-0.1, -0.05) is 6.92 Å². The van der Waals surface area contributed by atoms with Gasteiger partial charge in [0.25, 0.3) is 0 Å². The fourth-order valence-corrected chi connectivity index (χ4v) is 3.55. The van der Waals surface area contributed by atoms with Gasteiger partial charge in [-0.25, -0.2) is 0 Å². The normalized spacial score (nSPS) is 25.8. The van der Waals surface area contributed by atoms with Gasteiger partial charge in [0.1, 0.15) is 0 Å². The highest BCUT2D eigenvalue weighted by atomic mass is 32.2. The van der Waals surface area contributed by atoms with Gasteiger partial charge in [-0.3, -0.25) is 4.90 Å². The first-order valence-corrected chi connectivity index (χ1v) is 6.85. The molecule has 90 valence electrons. The number of hydrogen-bond donors (Lipinski definition) is 1. The van der Waals surface area contributed by atoms with Gasteiger partial charge in [-0.2, -0.15) is 11.8 Å². The van der Waals surface area contributed by atoms with Crippen LogP contribution in [0.3, 0.4) is 0 Å². The van der Waals surface area contributed by atoms with E-state index in [-0.39, 0.29) is 5.54 Å². The van der Waals surface area contributed by atoms with Gasteiger partial charge in [0.15, 0.2) is 0 Å². The van der Waals surface area contributed by atoms with Crippen molar-refractivity contribution >= 4 is 11.8 Å². The average molecular weight is 232 g/mol. The van der Waals surface area contributed by atoms with Gasteiger partial charge >= 0.3 is 0 Å². The summed E-state index contributed by atoms with van der Waals surface area (Å²) in [6.07, 6.45) is 2.33. The lowest BCUT2D eigenvalue weighted by atomic mass is 9.93. The summed E-state index contributed by atoms with van der Waals surface area (Å²) < 4.78 is 5.34. The number of hydrogen-bond acceptors (Lipinski definition) is 4. The maximum Gasteiger partial charge on any atom is 0.0658 e. The van der Waals surface area contributed by atoms with E-state index in [0.29, 0.717) is 12.6 Å². The predicted octanol–water partition coefficient (Wildman–Crippen LogP) is 1.18. The van der Waals surface area contributed by atoms with Crippen molar-refractivity contribution in [3.63, 3.8) is 0 Å². The highest BCUT2D eigenvalue weighted by Crippen LogP contribution is 2.28. The zero-order valence-corrected chi connectivity index (χ0v) is 11.0. The summed E-state index contributed by atoms with van der Waals surface area (Å²) in [5.74, 6) is 2.52. The van der Waals surface area contributed by atoms with Crippen molar-refractivity contribution < 1.29 is 4.74 Å². The number of ether oxygens (including phenoxy) is 1. The first kappa shape index (κ1) is 13.3. The fourth-order valence-electron chi connectivity index (χ4n) is 2.28. The van der Waals surface area contributed by atoms with Crippen molar-refractivity contribution in [2.24, 2.45) is 5.73 Å². The number of rotatable bonds is 6. The Labute approximate surface area is 97.7 Å². The van der Waals surface area contributed by atoms with Crippen LogP contribution >= 0.6 is 11.8 Å². The molecule has 2 N–H and O–H groups in total. The molecule has 2 unspecified atom stereocenters. The number of thioether (sulfide) groups is 1. The minimum atomic E-state index is 0.0321. The number of nitrogens with zero attached hydrogens (tertiary/aromatic N) is 1. The molecule has 0 amide bonds. The standard InChI is InChI=1S/C11H24N2OS/c1-4-11(8-12,9-14-3)13(2)10-5-6-15-7-10/h10H,4-9,12H2,1-3H3. The molecule has 0 aromatic rings. The molecule has 0 saturated carbocycles. The maximum atomic E-state index is 5.94. The molecule has 0 radical (unpaired) electrons. The Kier molecular flexibility index (Phi) is 5.39. The van der Waals surface area contributed by atoms with Crippen LogP contribution in [-0.4, -0.2) is 55.3 Å². The maximum absolute atomic E-state index is 5.94. The molecule has 15 heavy (non-hydrogen) atoms. The number of likely N-dealkylation sites (N-methyl/N-ethyl adjacent to an activating group) is 1. The first-order chi connectivity index (χ1) is 7.20. The van der Waals surface area contributed by atoms with Crippen LogP contribution in [0, 0.1) is 0 Å². The second-order valence-electron chi connectivity index (χ2n) is 4.34. The SMILES string of the molecule is CCC(CN)(COC)N(C)C1CCSC1. The second kappa shape index (κ2) is 6.09. The highest BCUT2D eigenvalue weighted by Gasteiger charge is 2.36. The molecule has 0 bridgehead atoms. The molecule has 1 fully saturated rings. The molecule has 1 saturated heterocycles. The van der Waals surface area contributed by atoms with E-state index in [2.05, 4.69) is 18.9 Å². The molecule has 0 aliphatic carbocycles. The number of nitrogens with two attached hydrogens (primary N) is 1. The van der Waals surface area contributed by atoms with Gasteiger partial charge in [0.05, 0.1) is 12.1 Å². The van der Waals surface area contributed by atoms with E-state index in [9.17, 15) is 0 Å². The lowest BCUT2D eigenvalue weighted by Crippen LogP contribution is -2.58. The third-order valence-corrected chi connectivity index (χ3v) is 4.80. The Bertz CT molecular complexity index is 179. The Morgan fingerprint density at radius 2 is 2.33 bits per heavy atom. The van der Waals surface area contributed by atoms with Crippen LogP contribution < -0.4 is 5.73 Å². The Balaban J connectivity index is 2.67. The Morgan fingerprint density at radius 1 is 1.60 bits per heavy atom. The quantitative estimate of drug-likeness (QED) is 0.746. The summed E-state index contributed by atoms with van der Waals surface area (Å²) >= 11 is 2.04. The largest absolute Gasteiger partial charge is 0.383 e. The van der Waals surface area contributed by atoms with Crippen molar-refractivity contribution in [3.8, 4) is 0 Å². The fraction of sp³-hybridized carbons (Fsp3) is 1.00. The summed E-state index contributed by atoms with van der Waals surface area (Å²) in [6.45, 7) is 3.61. The zero-order valence-electron chi connectivity index (χ0n) is 10.2. The van der Waals surface area contributed by atoms with Crippen molar-refractivity contribution in [2.75, 3.05) is 38.8 Å². The van der Waals surface area contributed by atoms with E-state index in [1.807, 2.05) is 11.8 Å². The van der Waals surface area contributed by atoms with Crippen molar-refractivity contribution in [2.45, 2.75) is 31.3 Å². The minimum absolute atomic E-state index is 0.0321. The summed E-state index contributed by atoms with van der Waals surface area (Å²) in [7, 11) is 3.96. The first-order valence-electron chi connectivity index (χ1n) is 5.70. The third-order valence-electron chi connectivity index (χ3n) is 3.65. The molecule has 1 heterocycles. The van der Waals surface area contributed by atoms with E-state index in [4.69, 9.17) is 10.5 Å². The molecule has 4 heteroatoms. The summed E-state index contributed by atoms with van der Waals surface area (Å²) in [4.78, 5) is 2.45. The smallest absolute Gasteiger partial charge is 0.0658 e. The van der Waals surface area contributed by atoms with Gasteiger partial charge in [-0.05, 0) is 25.6 Å². The topological polar surface area (TPSA) is 38.5 Å². The molecule has 1 rings (SSSR count). The molecule has 1 aliphatic heterocycles. The van der Waals surface area contributed by atoms with Gasteiger partial charge in [-0.15, -0.1) is 0 Å². The highest BCUT2D eigenvalue weighted by molar-refractivity contribution is 7.99. The predicted molar refractivity (Wildman–Crippen MR) is 67.4 cm³/mol. The molecule has 1 aliphatic rings. The van der Waals surface area contributed by atoms with E-state index >= 15 is 0 Å². The Hall–Kier alpha value is 0.230. The van der Waals surface area contributed by atoms with Crippen LogP contribution in [0.1, 0.15) is 19.8 Å². The Morgan fingerprint density at radius 3 is 2.73 bits per heavy atom. The van der Waals surface area contributed by atoms with E-state index in [1.165, 1.54) is 17.9 Å². The summed E-state index contributed by atoms with van der Waals surface area (Å²) in [5, 5.41) is 0. The minimum Gasteiger partial charge on any atom is -0.383 e. The molecular weight excluding hydrogens is 208 g/mol. The average Bonchev–Trinajstić information content (AvgIpc) is 2.78. The van der Waals surface area contributed by atoms with Gasteiger partial charge in [0.2, 0.25) is 0 Å². The molecule has 3 nitrogen and oxygen atoms in total. The monoisotopic (exact) mass is 232 g/mol. The third kappa shape index (κ3) is 2.87. The number of methoxy groups -OCH3 is 1. The van der Waals surface area contributed by atoms with Crippen molar-refractivity contribution in [1.29, 1.82) is 0 Å². The van der Waals surface area contributed by atoms with Crippen LogP contribution in [-0.2, 0) is 4.74 Å². The van der Waals surface area contributed by atoms with Crippen molar-refractivity contribution in [1.82, 2.24) is 4.90 Å². The van der Waals surface area contributed by atoms with Crippen LogP contribution in [0.5, 0.6) is 0 Å². The van der Waals surface area contributed by atoms with E-state index in [0.717, 1.165) is 13.0 Å². The van der Waals surface area contributed by atoms with Crippen LogP contribution in [0.2, 0.25) is 0 Å². The molecule has 2 atom stereocenters.